The molecule has 2 aliphatic rings. The van der Waals surface area contributed by atoms with Crippen LogP contribution in [0.1, 0.15) is 35.1 Å². The Bertz CT molecular complexity index is 1290. The van der Waals surface area contributed by atoms with E-state index in [0.717, 1.165) is 16.8 Å². The smallest absolute Gasteiger partial charge is 0.282 e. The molecule has 1 saturated carbocycles. The summed E-state index contributed by atoms with van der Waals surface area (Å²) < 4.78 is 0. The topological polar surface area (TPSA) is 98.3 Å². The van der Waals surface area contributed by atoms with Gasteiger partial charge in [0.25, 0.3) is 11.4 Å². The number of alkyl halides is 1. The molecule has 7 nitrogen and oxygen atoms in total. The zero-order valence-electron chi connectivity index (χ0n) is 18.3. The normalized spacial score (nSPS) is 25.2. The molecule has 5 rings (SSSR count). The minimum atomic E-state index is -0.371. The van der Waals surface area contributed by atoms with E-state index >= 15 is 0 Å². The standard InChI is InChI=1S/C25H22ClN3O4S/c1-14-10-11-18-16(12-14)23-17(25(27-18)15-6-2-3-7-19(15)28(30)31)13-22(24(23)26)34-21-9-5-4-8-20(21)29(32)33/h2-12,17,22-25,27H,13H2,1H3/t17-,22+,23-,24+,25+/m1/s1. The number of anilines is 1. The van der Waals surface area contributed by atoms with Crippen LogP contribution >= 0.6 is 23.4 Å². The van der Waals surface area contributed by atoms with Crippen LogP contribution in [0, 0.1) is 33.1 Å². The molecule has 1 heterocycles. The summed E-state index contributed by atoms with van der Waals surface area (Å²) in [6, 6.07) is 19.4. The van der Waals surface area contributed by atoms with Crippen LogP contribution in [0.15, 0.2) is 71.6 Å². The molecule has 0 aromatic heterocycles. The van der Waals surface area contributed by atoms with E-state index in [2.05, 4.69) is 11.4 Å². The number of para-hydroxylation sites is 2. The number of nitro benzene ring substituents is 2. The SMILES string of the molecule is Cc1ccc2c(c1)[C@H]1[C@@H](Cl)[C@@H](Sc3ccccc3[N+](=O)[O-])C[C@H]1[C@H](c1ccccc1[N+](=O)[O-])N2. The molecule has 9 heteroatoms. The number of fused-ring (bicyclic) bond motifs is 3. The molecule has 1 fully saturated rings. The van der Waals surface area contributed by atoms with Gasteiger partial charge in [-0.3, -0.25) is 20.2 Å². The summed E-state index contributed by atoms with van der Waals surface area (Å²) in [5.74, 6) is -0.0407. The molecule has 0 amide bonds. The highest BCUT2D eigenvalue weighted by atomic mass is 35.5. The van der Waals surface area contributed by atoms with Crippen molar-refractivity contribution in [1.29, 1.82) is 0 Å². The Hall–Kier alpha value is -3.10. The Morgan fingerprint density at radius 2 is 1.62 bits per heavy atom. The third kappa shape index (κ3) is 3.91. The van der Waals surface area contributed by atoms with E-state index in [1.807, 2.05) is 25.1 Å². The molecular formula is C25H22ClN3O4S. The second-order valence-electron chi connectivity index (χ2n) is 8.78. The Morgan fingerprint density at radius 1 is 0.941 bits per heavy atom. The first kappa shape index (κ1) is 22.7. The van der Waals surface area contributed by atoms with Crippen molar-refractivity contribution in [2.45, 2.75) is 40.8 Å². The van der Waals surface area contributed by atoms with Crippen molar-refractivity contribution in [3.05, 3.63) is 104 Å². The lowest BCUT2D eigenvalue weighted by atomic mass is 9.76. The van der Waals surface area contributed by atoms with Gasteiger partial charge in [0, 0.05) is 29.0 Å². The quantitative estimate of drug-likeness (QED) is 0.236. The largest absolute Gasteiger partial charge is 0.377 e. The zero-order chi connectivity index (χ0) is 24.0. The third-order valence-corrected chi connectivity index (χ3v) is 8.89. The first-order valence-electron chi connectivity index (χ1n) is 11.0. The van der Waals surface area contributed by atoms with Gasteiger partial charge in [-0.15, -0.1) is 23.4 Å². The summed E-state index contributed by atoms with van der Waals surface area (Å²) in [6.45, 7) is 2.03. The van der Waals surface area contributed by atoms with Gasteiger partial charge in [-0.1, -0.05) is 48.0 Å². The maximum Gasteiger partial charge on any atom is 0.282 e. The highest BCUT2D eigenvalue weighted by molar-refractivity contribution is 8.00. The van der Waals surface area contributed by atoms with Crippen molar-refractivity contribution in [3.8, 4) is 0 Å². The maximum atomic E-state index is 11.8. The van der Waals surface area contributed by atoms with Gasteiger partial charge in [-0.25, -0.2) is 0 Å². The Morgan fingerprint density at radius 3 is 2.35 bits per heavy atom. The maximum absolute atomic E-state index is 11.8. The van der Waals surface area contributed by atoms with E-state index in [0.29, 0.717) is 16.9 Å². The number of hydrogen-bond donors (Lipinski definition) is 1. The number of nitro groups is 2. The summed E-state index contributed by atoms with van der Waals surface area (Å²) >= 11 is 8.55. The molecule has 5 atom stereocenters. The van der Waals surface area contributed by atoms with Gasteiger partial charge in [-0.2, -0.15) is 0 Å². The lowest BCUT2D eigenvalue weighted by Crippen LogP contribution is -2.31. The van der Waals surface area contributed by atoms with E-state index in [1.165, 1.54) is 23.9 Å². The monoisotopic (exact) mass is 495 g/mol. The van der Waals surface area contributed by atoms with Crippen LogP contribution in [-0.2, 0) is 0 Å². The minimum Gasteiger partial charge on any atom is -0.377 e. The van der Waals surface area contributed by atoms with Crippen LogP contribution < -0.4 is 5.32 Å². The second-order valence-corrected chi connectivity index (χ2v) is 10.6. The summed E-state index contributed by atoms with van der Waals surface area (Å²) in [5, 5.41) is 26.5. The van der Waals surface area contributed by atoms with Gasteiger partial charge < -0.3 is 5.32 Å². The predicted octanol–water partition coefficient (Wildman–Crippen LogP) is 6.85. The fourth-order valence-corrected chi connectivity index (χ4v) is 7.27. The number of nitrogens with one attached hydrogen (secondary N) is 1. The van der Waals surface area contributed by atoms with Crippen molar-refractivity contribution in [1.82, 2.24) is 0 Å². The third-order valence-electron chi connectivity index (χ3n) is 6.78. The summed E-state index contributed by atoms with van der Waals surface area (Å²) in [6.07, 6.45) is 0.673. The summed E-state index contributed by atoms with van der Waals surface area (Å²) in [4.78, 5) is 23.2. The second kappa shape index (κ2) is 8.92. The number of rotatable bonds is 5. The first-order chi connectivity index (χ1) is 16.3. The molecule has 174 valence electrons. The van der Waals surface area contributed by atoms with Crippen molar-refractivity contribution in [2.75, 3.05) is 5.32 Å². The molecule has 1 aliphatic heterocycles. The molecule has 0 bridgehead atoms. The van der Waals surface area contributed by atoms with Crippen LogP contribution in [0.3, 0.4) is 0 Å². The molecule has 3 aromatic carbocycles. The average molecular weight is 496 g/mol. The Kier molecular flexibility index (Phi) is 5.95. The number of nitrogens with zero attached hydrogens (tertiary/aromatic N) is 2. The van der Waals surface area contributed by atoms with E-state index in [1.54, 1.807) is 30.3 Å². The molecule has 3 aromatic rings. The van der Waals surface area contributed by atoms with E-state index in [-0.39, 0.29) is 49.7 Å². The van der Waals surface area contributed by atoms with E-state index in [9.17, 15) is 20.2 Å². The van der Waals surface area contributed by atoms with Gasteiger partial charge in [0.2, 0.25) is 0 Å². The van der Waals surface area contributed by atoms with Crippen molar-refractivity contribution in [3.63, 3.8) is 0 Å². The summed E-state index contributed by atoms with van der Waals surface area (Å²) in [7, 11) is 0. The van der Waals surface area contributed by atoms with Crippen molar-refractivity contribution >= 4 is 40.4 Å². The van der Waals surface area contributed by atoms with Gasteiger partial charge in [-0.05, 0) is 37.0 Å². The number of hydrogen-bond acceptors (Lipinski definition) is 6. The Labute approximate surface area is 205 Å². The predicted molar refractivity (Wildman–Crippen MR) is 134 cm³/mol. The lowest BCUT2D eigenvalue weighted by molar-refractivity contribution is -0.387. The first-order valence-corrected chi connectivity index (χ1v) is 12.3. The fourth-order valence-electron chi connectivity index (χ4n) is 5.33. The van der Waals surface area contributed by atoms with Crippen LogP contribution in [0.5, 0.6) is 0 Å². The number of aryl methyl sites for hydroxylation is 1. The lowest BCUT2D eigenvalue weighted by Gasteiger charge is -2.38. The molecule has 34 heavy (non-hydrogen) atoms. The molecule has 0 spiro atoms. The number of thioether (sulfide) groups is 1. The highest BCUT2D eigenvalue weighted by Gasteiger charge is 2.51. The van der Waals surface area contributed by atoms with Crippen LogP contribution in [0.2, 0.25) is 0 Å². The van der Waals surface area contributed by atoms with Gasteiger partial charge in [0.05, 0.1) is 31.7 Å². The van der Waals surface area contributed by atoms with Crippen LogP contribution in [0.25, 0.3) is 0 Å². The van der Waals surface area contributed by atoms with Gasteiger partial charge in [0.15, 0.2) is 0 Å². The van der Waals surface area contributed by atoms with Gasteiger partial charge >= 0.3 is 0 Å². The molecule has 1 aliphatic carbocycles. The van der Waals surface area contributed by atoms with Crippen LogP contribution in [-0.4, -0.2) is 20.5 Å². The summed E-state index contributed by atoms with van der Waals surface area (Å²) in [5.41, 5.74) is 3.92. The average Bonchev–Trinajstić information content (AvgIpc) is 3.15. The molecule has 0 radical (unpaired) electrons. The molecule has 0 saturated heterocycles. The van der Waals surface area contributed by atoms with Crippen molar-refractivity contribution in [2.24, 2.45) is 5.92 Å². The number of halogens is 1. The van der Waals surface area contributed by atoms with Crippen LogP contribution in [0.4, 0.5) is 17.1 Å². The fraction of sp³-hybridized carbons (Fsp3) is 0.280. The minimum absolute atomic E-state index is 0.00170. The zero-order valence-corrected chi connectivity index (χ0v) is 19.8. The molecular weight excluding hydrogens is 474 g/mol. The van der Waals surface area contributed by atoms with E-state index in [4.69, 9.17) is 11.6 Å². The van der Waals surface area contributed by atoms with Crippen molar-refractivity contribution < 1.29 is 9.85 Å². The highest BCUT2D eigenvalue weighted by Crippen LogP contribution is 2.58. The van der Waals surface area contributed by atoms with E-state index < -0.39 is 0 Å². The molecule has 0 unspecified atom stereocenters. The number of benzene rings is 3. The Balaban J connectivity index is 1.57. The van der Waals surface area contributed by atoms with Gasteiger partial charge in [0.1, 0.15) is 0 Å². The molecule has 1 N–H and O–H groups in total.